The van der Waals surface area contributed by atoms with E-state index in [0.717, 1.165) is 29.1 Å². The number of halogens is 1. The largest absolute Gasteiger partial charge is 0.485 e. The van der Waals surface area contributed by atoms with Gasteiger partial charge in [0.1, 0.15) is 23.6 Å². The molecule has 3 aromatic carbocycles. The quantitative estimate of drug-likeness (QED) is 0.322. The fourth-order valence-corrected chi connectivity index (χ4v) is 4.92. The first-order valence-corrected chi connectivity index (χ1v) is 13.5. The molecule has 0 spiro atoms. The smallest absolute Gasteiger partial charge is 0.132 e. The molecule has 3 aromatic rings. The zero-order chi connectivity index (χ0) is 26.8. The highest BCUT2D eigenvalue weighted by Crippen LogP contribution is 2.45. The first-order chi connectivity index (χ1) is 17.4. The van der Waals surface area contributed by atoms with Gasteiger partial charge in [0.15, 0.2) is 0 Å². The SMILES string of the molecule is CC(C)OC1c2cc(NCc3ccc(C(C)(C)C)cc3)ccc2OC(C)(C)C1OCc1cccc(Cl)c1. The molecule has 0 amide bonds. The van der Waals surface area contributed by atoms with Crippen molar-refractivity contribution in [3.8, 4) is 5.75 Å². The number of rotatable bonds is 8. The Morgan fingerprint density at radius 1 is 0.973 bits per heavy atom. The maximum absolute atomic E-state index is 6.49. The van der Waals surface area contributed by atoms with Gasteiger partial charge < -0.3 is 19.5 Å². The molecule has 5 heteroatoms. The van der Waals surface area contributed by atoms with Gasteiger partial charge >= 0.3 is 0 Å². The number of ether oxygens (including phenoxy) is 3. The first kappa shape index (κ1) is 27.5. The van der Waals surface area contributed by atoms with Gasteiger partial charge in [-0.25, -0.2) is 0 Å². The van der Waals surface area contributed by atoms with Gasteiger partial charge in [-0.3, -0.25) is 0 Å². The molecule has 0 saturated carbocycles. The van der Waals surface area contributed by atoms with Crippen molar-refractivity contribution >= 4 is 17.3 Å². The summed E-state index contributed by atoms with van der Waals surface area (Å²) in [5.74, 6) is 0.832. The number of benzene rings is 3. The van der Waals surface area contributed by atoms with Gasteiger partial charge in [-0.1, -0.05) is 68.8 Å². The number of hydrogen-bond acceptors (Lipinski definition) is 4. The lowest BCUT2D eigenvalue weighted by molar-refractivity contribution is -0.177. The van der Waals surface area contributed by atoms with Crippen LogP contribution in [0.2, 0.25) is 5.02 Å². The molecule has 1 aliphatic heterocycles. The zero-order valence-corrected chi connectivity index (χ0v) is 23.9. The summed E-state index contributed by atoms with van der Waals surface area (Å²) in [6.07, 6.45) is -0.547. The third-order valence-electron chi connectivity index (χ3n) is 6.70. The highest BCUT2D eigenvalue weighted by Gasteiger charge is 2.46. The van der Waals surface area contributed by atoms with Crippen LogP contribution in [0.25, 0.3) is 0 Å². The van der Waals surface area contributed by atoms with Crippen LogP contribution in [-0.4, -0.2) is 17.8 Å². The maximum atomic E-state index is 6.49. The highest BCUT2D eigenvalue weighted by atomic mass is 35.5. The Labute approximate surface area is 227 Å². The van der Waals surface area contributed by atoms with E-state index in [2.05, 4.69) is 90.2 Å². The van der Waals surface area contributed by atoms with Gasteiger partial charge in [-0.2, -0.15) is 0 Å². The molecule has 1 N–H and O–H groups in total. The summed E-state index contributed by atoms with van der Waals surface area (Å²) in [5, 5.41) is 4.27. The zero-order valence-electron chi connectivity index (χ0n) is 23.1. The minimum Gasteiger partial charge on any atom is -0.485 e. The monoisotopic (exact) mass is 521 g/mol. The van der Waals surface area contributed by atoms with Crippen molar-refractivity contribution in [1.82, 2.24) is 0 Å². The molecule has 1 heterocycles. The van der Waals surface area contributed by atoms with E-state index in [0.29, 0.717) is 11.6 Å². The van der Waals surface area contributed by atoms with E-state index >= 15 is 0 Å². The first-order valence-electron chi connectivity index (χ1n) is 13.1. The average Bonchev–Trinajstić information content (AvgIpc) is 2.81. The fraction of sp³-hybridized carbons (Fsp3) is 0.438. The summed E-state index contributed by atoms with van der Waals surface area (Å²) in [6.45, 7) is 16.1. The van der Waals surface area contributed by atoms with Crippen LogP contribution < -0.4 is 10.1 Å². The molecule has 0 fully saturated rings. The topological polar surface area (TPSA) is 39.7 Å². The van der Waals surface area contributed by atoms with Crippen LogP contribution in [0.15, 0.2) is 66.7 Å². The lowest BCUT2D eigenvalue weighted by Crippen LogP contribution is -2.51. The summed E-state index contributed by atoms with van der Waals surface area (Å²) in [5.41, 5.74) is 5.18. The van der Waals surface area contributed by atoms with E-state index in [9.17, 15) is 0 Å². The molecule has 4 nitrogen and oxygen atoms in total. The molecule has 0 aliphatic carbocycles. The molecule has 198 valence electrons. The molecule has 4 rings (SSSR count). The summed E-state index contributed by atoms with van der Waals surface area (Å²) in [6, 6.07) is 22.8. The third kappa shape index (κ3) is 6.87. The summed E-state index contributed by atoms with van der Waals surface area (Å²) >= 11 is 6.19. The van der Waals surface area contributed by atoms with Crippen molar-refractivity contribution in [1.29, 1.82) is 0 Å². The molecule has 0 aromatic heterocycles. The van der Waals surface area contributed by atoms with Crippen LogP contribution in [0, 0.1) is 0 Å². The van der Waals surface area contributed by atoms with Crippen molar-refractivity contribution in [2.75, 3.05) is 5.32 Å². The molecule has 37 heavy (non-hydrogen) atoms. The summed E-state index contributed by atoms with van der Waals surface area (Å²) in [7, 11) is 0. The molecule has 0 radical (unpaired) electrons. The van der Waals surface area contributed by atoms with Gasteiger partial charge in [0.25, 0.3) is 0 Å². The Morgan fingerprint density at radius 3 is 2.35 bits per heavy atom. The van der Waals surface area contributed by atoms with E-state index in [-0.39, 0.29) is 23.7 Å². The maximum Gasteiger partial charge on any atom is 0.132 e. The summed E-state index contributed by atoms with van der Waals surface area (Å²) < 4.78 is 19.4. The second-order valence-electron chi connectivity index (χ2n) is 11.7. The molecule has 2 unspecified atom stereocenters. The molecular weight excluding hydrogens is 482 g/mol. The van der Waals surface area contributed by atoms with E-state index in [1.807, 2.05) is 30.3 Å². The minimum atomic E-state index is -0.575. The van der Waals surface area contributed by atoms with Gasteiger partial charge in [0.05, 0.1) is 12.7 Å². The van der Waals surface area contributed by atoms with Crippen LogP contribution in [0.1, 0.15) is 76.8 Å². The molecule has 0 saturated heterocycles. The number of anilines is 1. The number of fused-ring (bicyclic) bond motifs is 1. The van der Waals surface area contributed by atoms with Crippen LogP contribution in [-0.2, 0) is 28.0 Å². The van der Waals surface area contributed by atoms with Crippen LogP contribution in [0.4, 0.5) is 5.69 Å². The standard InChI is InChI=1S/C32H40ClNO3/c1-21(2)36-29-27-18-26(34-19-22-11-13-24(14-12-22)31(3,4)5)15-16-28(27)37-32(6,7)30(29)35-20-23-9-8-10-25(33)17-23/h8-18,21,29-30,34H,19-20H2,1-7H3. The predicted octanol–water partition coefficient (Wildman–Crippen LogP) is 8.47. The second kappa shape index (κ2) is 11.1. The van der Waals surface area contributed by atoms with E-state index in [1.165, 1.54) is 11.1 Å². The fourth-order valence-electron chi connectivity index (χ4n) is 4.71. The van der Waals surface area contributed by atoms with Crippen molar-refractivity contribution in [3.63, 3.8) is 0 Å². The normalized spacial score (nSPS) is 18.8. The third-order valence-corrected chi connectivity index (χ3v) is 6.94. The Bertz CT molecular complexity index is 1200. The van der Waals surface area contributed by atoms with Crippen LogP contribution >= 0.6 is 11.6 Å². The number of hydrogen-bond donors (Lipinski definition) is 1. The van der Waals surface area contributed by atoms with Crippen molar-refractivity contribution in [2.24, 2.45) is 0 Å². The molecule has 1 aliphatic rings. The Balaban J connectivity index is 1.55. The lowest BCUT2D eigenvalue weighted by atomic mass is 9.87. The Morgan fingerprint density at radius 2 is 1.70 bits per heavy atom. The van der Waals surface area contributed by atoms with Crippen molar-refractivity contribution < 1.29 is 14.2 Å². The Hall–Kier alpha value is -2.53. The van der Waals surface area contributed by atoms with Gasteiger partial charge in [-0.05, 0) is 80.1 Å². The predicted molar refractivity (Wildman–Crippen MR) is 153 cm³/mol. The van der Waals surface area contributed by atoms with Gasteiger partial charge in [0.2, 0.25) is 0 Å². The number of nitrogens with one attached hydrogen (secondary N) is 1. The average molecular weight is 522 g/mol. The summed E-state index contributed by atoms with van der Waals surface area (Å²) in [4.78, 5) is 0. The van der Waals surface area contributed by atoms with Crippen LogP contribution in [0.3, 0.4) is 0 Å². The Kier molecular flexibility index (Phi) is 8.23. The van der Waals surface area contributed by atoms with Crippen LogP contribution in [0.5, 0.6) is 5.75 Å². The minimum absolute atomic E-state index is 0.0296. The second-order valence-corrected chi connectivity index (χ2v) is 12.2. The van der Waals surface area contributed by atoms with Gasteiger partial charge in [0, 0.05) is 22.8 Å². The van der Waals surface area contributed by atoms with Crippen molar-refractivity contribution in [3.05, 3.63) is 94.0 Å². The van der Waals surface area contributed by atoms with E-state index < -0.39 is 5.60 Å². The molecule has 0 bridgehead atoms. The lowest BCUT2D eigenvalue weighted by Gasteiger charge is -2.45. The molecular formula is C32H40ClNO3. The van der Waals surface area contributed by atoms with Crippen molar-refractivity contribution in [2.45, 2.75) is 90.9 Å². The highest BCUT2D eigenvalue weighted by molar-refractivity contribution is 6.30. The van der Waals surface area contributed by atoms with Gasteiger partial charge in [-0.15, -0.1) is 0 Å². The van der Waals surface area contributed by atoms with E-state index in [1.54, 1.807) is 0 Å². The van der Waals surface area contributed by atoms with E-state index in [4.69, 9.17) is 25.8 Å². The molecule has 2 atom stereocenters.